The number of nitrogens with one attached hydrogen (secondary N) is 1. The van der Waals surface area contributed by atoms with E-state index in [0.29, 0.717) is 19.1 Å². The highest BCUT2D eigenvalue weighted by Gasteiger charge is 2.41. The van der Waals surface area contributed by atoms with E-state index in [1.807, 2.05) is 38.2 Å². The maximum Gasteiger partial charge on any atom is 0.161 e. The first-order chi connectivity index (χ1) is 10.3. The SMILES string of the molecule is CCOc1ccccc1OCCC1CCCC1(C#N)NC. The predicted molar refractivity (Wildman–Crippen MR) is 82.5 cm³/mol. The molecule has 1 aromatic rings. The second kappa shape index (κ2) is 7.33. The van der Waals surface area contributed by atoms with Gasteiger partial charge in [0.15, 0.2) is 11.5 Å². The molecule has 0 saturated heterocycles. The number of hydrogen-bond acceptors (Lipinski definition) is 4. The lowest BCUT2D eigenvalue weighted by atomic mass is 9.86. The van der Waals surface area contributed by atoms with Crippen LogP contribution in [0.3, 0.4) is 0 Å². The fourth-order valence-electron chi connectivity index (χ4n) is 3.16. The lowest BCUT2D eigenvalue weighted by Gasteiger charge is -2.28. The number of benzene rings is 1. The summed E-state index contributed by atoms with van der Waals surface area (Å²) in [4.78, 5) is 0. The smallest absolute Gasteiger partial charge is 0.161 e. The van der Waals surface area contributed by atoms with Crippen LogP contribution in [0.1, 0.15) is 32.6 Å². The average molecular weight is 288 g/mol. The Morgan fingerprint density at radius 3 is 2.67 bits per heavy atom. The molecule has 2 rings (SSSR count). The van der Waals surface area contributed by atoms with Crippen molar-refractivity contribution in [3.63, 3.8) is 0 Å². The van der Waals surface area contributed by atoms with Gasteiger partial charge < -0.3 is 14.8 Å². The topological polar surface area (TPSA) is 54.3 Å². The summed E-state index contributed by atoms with van der Waals surface area (Å²) in [5, 5.41) is 12.7. The molecule has 0 radical (unpaired) electrons. The summed E-state index contributed by atoms with van der Waals surface area (Å²) in [6.07, 6.45) is 4.01. The first-order valence-corrected chi connectivity index (χ1v) is 7.70. The minimum Gasteiger partial charge on any atom is -0.490 e. The molecule has 0 aromatic heterocycles. The number of para-hydroxylation sites is 2. The maximum atomic E-state index is 9.44. The lowest BCUT2D eigenvalue weighted by Crippen LogP contribution is -2.45. The van der Waals surface area contributed by atoms with Crippen molar-refractivity contribution in [3.05, 3.63) is 24.3 Å². The van der Waals surface area contributed by atoms with Gasteiger partial charge in [-0.15, -0.1) is 0 Å². The minimum atomic E-state index is -0.372. The molecule has 0 amide bonds. The number of rotatable bonds is 7. The van der Waals surface area contributed by atoms with Crippen LogP contribution in [-0.4, -0.2) is 25.8 Å². The molecule has 1 aliphatic carbocycles. The third kappa shape index (κ3) is 3.48. The molecule has 2 unspecified atom stereocenters. The molecule has 1 aromatic carbocycles. The van der Waals surface area contributed by atoms with Gasteiger partial charge in [-0.2, -0.15) is 5.26 Å². The molecule has 21 heavy (non-hydrogen) atoms. The van der Waals surface area contributed by atoms with Crippen molar-refractivity contribution in [2.24, 2.45) is 5.92 Å². The van der Waals surface area contributed by atoms with Crippen LogP contribution >= 0.6 is 0 Å². The zero-order chi connectivity index (χ0) is 15.1. The summed E-state index contributed by atoms with van der Waals surface area (Å²) in [5.74, 6) is 1.92. The summed E-state index contributed by atoms with van der Waals surface area (Å²) in [7, 11) is 1.88. The van der Waals surface area contributed by atoms with Crippen molar-refractivity contribution >= 4 is 0 Å². The van der Waals surface area contributed by atoms with Crippen molar-refractivity contribution in [2.75, 3.05) is 20.3 Å². The van der Waals surface area contributed by atoms with Crippen LogP contribution in [-0.2, 0) is 0 Å². The number of hydrogen-bond donors (Lipinski definition) is 1. The third-order valence-electron chi connectivity index (χ3n) is 4.34. The van der Waals surface area contributed by atoms with Gasteiger partial charge >= 0.3 is 0 Å². The van der Waals surface area contributed by atoms with Gasteiger partial charge in [0.1, 0.15) is 5.54 Å². The summed E-state index contributed by atoms with van der Waals surface area (Å²) in [6, 6.07) is 10.2. The highest BCUT2D eigenvalue weighted by atomic mass is 16.5. The predicted octanol–water partition coefficient (Wildman–Crippen LogP) is 3.14. The normalized spacial score (nSPS) is 24.5. The van der Waals surface area contributed by atoms with Gasteiger partial charge in [-0.1, -0.05) is 18.6 Å². The molecule has 1 N–H and O–H groups in total. The van der Waals surface area contributed by atoms with E-state index in [9.17, 15) is 5.26 Å². The molecular formula is C17H24N2O2. The van der Waals surface area contributed by atoms with Crippen LogP contribution in [0.4, 0.5) is 0 Å². The van der Waals surface area contributed by atoms with E-state index in [4.69, 9.17) is 9.47 Å². The molecule has 4 nitrogen and oxygen atoms in total. The van der Waals surface area contributed by atoms with Gasteiger partial charge in [0.05, 0.1) is 19.3 Å². The Morgan fingerprint density at radius 1 is 1.33 bits per heavy atom. The number of nitrogens with zero attached hydrogens (tertiary/aromatic N) is 1. The highest BCUT2D eigenvalue weighted by Crippen LogP contribution is 2.37. The van der Waals surface area contributed by atoms with Crippen LogP contribution in [0.25, 0.3) is 0 Å². The molecule has 2 atom stereocenters. The van der Waals surface area contributed by atoms with Gasteiger partial charge in [0.25, 0.3) is 0 Å². The minimum absolute atomic E-state index is 0.353. The van der Waals surface area contributed by atoms with E-state index >= 15 is 0 Å². The molecule has 0 spiro atoms. The van der Waals surface area contributed by atoms with Gasteiger partial charge in [0, 0.05) is 0 Å². The van der Waals surface area contributed by atoms with E-state index in [-0.39, 0.29) is 5.54 Å². The number of nitriles is 1. The van der Waals surface area contributed by atoms with Crippen molar-refractivity contribution in [2.45, 2.75) is 38.1 Å². The monoisotopic (exact) mass is 288 g/mol. The van der Waals surface area contributed by atoms with Gasteiger partial charge in [0.2, 0.25) is 0 Å². The summed E-state index contributed by atoms with van der Waals surface area (Å²) in [6.45, 7) is 3.20. The Balaban J connectivity index is 1.91. The standard InChI is InChI=1S/C17H24N2O2/c1-3-20-15-8-4-5-9-16(15)21-12-10-14-7-6-11-17(14,13-18)19-2/h4-5,8-9,14,19H,3,6-7,10-12H2,1-2H3. The maximum absolute atomic E-state index is 9.44. The molecule has 1 saturated carbocycles. The summed E-state index contributed by atoms with van der Waals surface area (Å²) in [5.41, 5.74) is -0.372. The first kappa shape index (κ1) is 15.7. The molecule has 0 bridgehead atoms. The van der Waals surface area contributed by atoms with Gasteiger partial charge in [-0.05, 0) is 51.3 Å². The molecule has 0 heterocycles. The van der Waals surface area contributed by atoms with E-state index in [2.05, 4.69) is 11.4 Å². The zero-order valence-electron chi connectivity index (χ0n) is 12.9. The molecular weight excluding hydrogens is 264 g/mol. The molecule has 1 aliphatic rings. The fourth-order valence-corrected chi connectivity index (χ4v) is 3.16. The largest absolute Gasteiger partial charge is 0.490 e. The molecule has 4 heteroatoms. The zero-order valence-corrected chi connectivity index (χ0v) is 12.9. The van der Waals surface area contributed by atoms with Crippen LogP contribution in [0.5, 0.6) is 11.5 Å². The van der Waals surface area contributed by atoms with E-state index in [1.165, 1.54) is 0 Å². The summed E-state index contributed by atoms with van der Waals surface area (Å²) >= 11 is 0. The van der Waals surface area contributed by atoms with Crippen LogP contribution in [0.15, 0.2) is 24.3 Å². The van der Waals surface area contributed by atoms with E-state index in [0.717, 1.165) is 37.2 Å². The van der Waals surface area contributed by atoms with E-state index in [1.54, 1.807) is 0 Å². The average Bonchev–Trinajstić information content (AvgIpc) is 2.93. The van der Waals surface area contributed by atoms with Crippen molar-refractivity contribution < 1.29 is 9.47 Å². The van der Waals surface area contributed by atoms with Crippen molar-refractivity contribution in [1.82, 2.24) is 5.32 Å². The van der Waals surface area contributed by atoms with Crippen LogP contribution in [0, 0.1) is 17.2 Å². The highest BCUT2D eigenvalue weighted by molar-refractivity contribution is 5.39. The van der Waals surface area contributed by atoms with Crippen molar-refractivity contribution in [1.29, 1.82) is 5.26 Å². The Bertz CT molecular complexity index is 498. The second-order valence-electron chi connectivity index (χ2n) is 5.44. The Morgan fingerprint density at radius 2 is 2.05 bits per heavy atom. The Labute approximate surface area is 127 Å². The van der Waals surface area contributed by atoms with Crippen LogP contribution < -0.4 is 14.8 Å². The Kier molecular flexibility index (Phi) is 5.46. The van der Waals surface area contributed by atoms with Crippen LogP contribution in [0.2, 0.25) is 0 Å². The number of ether oxygens (including phenoxy) is 2. The molecule has 0 aliphatic heterocycles. The van der Waals surface area contributed by atoms with Crippen molar-refractivity contribution in [3.8, 4) is 17.6 Å². The van der Waals surface area contributed by atoms with E-state index < -0.39 is 0 Å². The first-order valence-electron chi connectivity index (χ1n) is 7.70. The molecule has 1 fully saturated rings. The lowest BCUT2D eigenvalue weighted by molar-refractivity contribution is 0.228. The third-order valence-corrected chi connectivity index (χ3v) is 4.34. The van der Waals surface area contributed by atoms with Gasteiger partial charge in [-0.25, -0.2) is 0 Å². The Hall–Kier alpha value is -1.73. The fraction of sp³-hybridized carbons (Fsp3) is 0.588. The quantitative estimate of drug-likeness (QED) is 0.837. The van der Waals surface area contributed by atoms with Gasteiger partial charge in [-0.3, -0.25) is 0 Å². The molecule has 114 valence electrons. The summed E-state index contributed by atoms with van der Waals surface area (Å²) < 4.78 is 11.4. The second-order valence-corrected chi connectivity index (χ2v) is 5.44.